The molecule has 7 atom stereocenters. The number of allylic oxidation sites excluding steroid dienone is 4. The van der Waals surface area contributed by atoms with Gasteiger partial charge in [-0.25, -0.2) is 0 Å². The molecule has 0 aromatic heterocycles. The van der Waals surface area contributed by atoms with Crippen LogP contribution in [0.4, 0.5) is 0 Å². The first-order valence-corrected chi connectivity index (χ1v) is 13.5. The number of hydrogen-bond donors (Lipinski definition) is 2. The number of carbonyl (C=O) groups is 1. The second-order valence-corrected chi connectivity index (χ2v) is 14.6. The van der Waals surface area contributed by atoms with Gasteiger partial charge in [0.1, 0.15) is 0 Å². The number of rotatable bonds is 1. The van der Waals surface area contributed by atoms with E-state index in [0.717, 1.165) is 57.8 Å². The average molecular weight is 455 g/mol. The van der Waals surface area contributed by atoms with Gasteiger partial charge in [-0.2, -0.15) is 0 Å². The van der Waals surface area contributed by atoms with Crippen molar-refractivity contribution in [3.63, 3.8) is 0 Å². The topological polar surface area (TPSA) is 57.5 Å². The van der Waals surface area contributed by atoms with Crippen LogP contribution in [0.1, 0.15) is 106 Å². The van der Waals surface area contributed by atoms with Gasteiger partial charge in [-0.15, -0.1) is 0 Å². The molecule has 5 rings (SSSR count). The minimum atomic E-state index is -0.583. The van der Waals surface area contributed by atoms with Crippen molar-refractivity contribution in [2.75, 3.05) is 0 Å². The molecule has 0 aromatic rings. The van der Waals surface area contributed by atoms with E-state index in [1.807, 2.05) is 0 Å². The van der Waals surface area contributed by atoms with Crippen molar-refractivity contribution in [1.29, 1.82) is 0 Å². The highest BCUT2D eigenvalue weighted by Gasteiger charge is 2.67. The maximum atomic E-state index is 12.7. The normalized spacial score (nSPS) is 50.0. The molecule has 0 bridgehead atoms. The fourth-order valence-electron chi connectivity index (χ4n) is 9.92. The van der Waals surface area contributed by atoms with E-state index < -0.39 is 11.4 Å². The van der Waals surface area contributed by atoms with Crippen LogP contribution in [0.2, 0.25) is 0 Å². The van der Waals surface area contributed by atoms with Crippen LogP contribution in [0.5, 0.6) is 0 Å². The Labute approximate surface area is 201 Å². The highest BCUT2D eigenvalue weighted by molar-refractivity contribution is 5.77. The van der Waals surface area contributed by atoms with E-state index in [4.69, 9.17) is 0 Å². The standard InChI is InChI=1S/C30H46O3/c1-25(2)14-16-30(24(32)33)17-15-28(6)19(20(30)18-25)8-9-22-27(5)12-11-23(31)26(3,4)21(27)10-13-29(22,28)7/h8-9,20-21,23,31H,10-18H2,1-7H3,(H,32,33)/t20-,21+,23+,27+,28-,29-,30+/m1/s1. The van der Waals surface area contributed by atoms with Crippen LogP contribution < -0.4 is 0 Å². The Kier molecular flexibility index (Phi) is 4.85. The van der Waals surface area contributed by atoms with Gasteiger partial charge in [0.15, 0.2) is 0 Å². The molecule has 0 heterocycles. The van der Waals surface area contributed by atoms with Crippen molar-refractivity contribution in [2.24, 2.45) is 44.3 Å². The predicted octanol–water partition coefficient (Wildman–Crippen LogP) is 7.15. The van der Waals surface area contributed by atoms with Crippen LogP contribution in [0.25, 0.3) is 0 Å². The van der Waals surface area contributed by atoms with Gasteiger partial charge in [-0.3, -0.25) is 4.79 Å². The summed E-state index contributed by atoms with van der Waals surface area (Å²) >= 11 is 0. The summed E-state index contributed by atoms with van der Waals surface area (Å²) in [7, 11) is 0. The van der Waals surface area contributed by atoms with Crippen LogP contribution in [-0.2, 0) is 4.79 Å². The Morgan fingerprint density at radius 1 is 0.848 bits per heavy atom. The van der Waals surface area contributed by atoms with Gasteiger partial charge in [0.25, 0.3) is 0 Å². The molecule has 0 spiro atoms. The highest BCUT2D eigenvalue weighted by atomic mass is 16.4. The molecular formula is C30H46O3. The summed E-state index contributed by atoms with van der Waals surface area (Å²) in [5.41, 5.74) is 2.76. The van der Waals surface area contributed by atoms with Crippen molar-refractivity contribution >= 4 is 5.97 Å². The quantitative estimate of drug-likeness (QED) is 0.442. The average Bonchev–Trinajstić information content (AvgIpc) is 2.71. The molecule has 0 saturated heterocycles. The third-order valence-electron chi connectivity index (χ3n) is 12.4. The first kappa shape index (κ1) is 23.6. The van der Waals surface area contributed by atoms with Crippen LogP contribution >= 0.6 is 0 Å². The largest absolute Gasteiger partial charge is 0.481 e. The fourth-order valence-corrected chi connectivity index (χ4v) is 9.92. The molecule has 0 amide bonds. The monoisotopic (exact) mass is 454 g/mol. The molecule has 4 fully saturated rings. The Morgan fingerprint density at radius 2 is 1.52 bits per heavy atom. The number of carboxylic acid groups (broad SMARTS) is 1. The number of carboxylic acids is 1. The van der Waals surface area contributed by atoms with Crippen molar-refractivity contribution in [3.8, 4) is 0 Å². The summed E-state index contributed by atoms with van der Waals surface area (Å²) in [6, 6.07) is 0. The van der Waals surface area contributed by atoms with Crippen molar-refractivity contribution in [2.45, 2.75) is 112 Å². The molecule has 33 heavy (non-hydrogen) atoms. The van der Waals surface area contributed by atoms with E-state index in [1.54, 1.807) is 5.57 Å². The number of aliphatic carboxylic acids is 1. The van der Waals surface area contributed by atoms with E-state index in [9.17, 15) is 15.0 Å². The lowest BCUT2D eigenvalue weighted by Gasteiger charge is -2.68. The van der Waals surface area contributed by atoms with Gasteiger partial charge in [-0.1, -0.05) is 71.8 Å². The van der Waals surface area contributed by atoms with E-state index in [1.165, 1.54) is 5.57 Å². The smallest absolute Gasteiger partial charge is 0.310 e. The zero-order chi connectivity index (χ0) is 24.2. The van der Waals surface area contributed by atoms with Crippen LogP contribution in [0.15, 0.2) is 23.3 Å². The maximum absolute atomic E-state index is 12.7. The predicted molar refractivity (Wildman–Crippen MR) is 133 cm³/mol. The summed E-state index contributed by atoms with van der Waals surface area (Å²) in [5.74, 6) is 0.0637. The van der Waals surface area contributed by atoms with Gasteiger partial charge in [0, 0.05) is 0 Å². The molecule has 3 nitrogen and oxygen atoms in total. The minimum Gasteiger partial charge on any atom is -0.481 e. The van der Waals surface area contributed by atoms with Crippen LogP contribution in [0.3, 0.4) is 0 Å². The van der Waals surface area contributed by atoms with Gasteiger partial charge in [0.05, 0.1) is 11.5 Å². The van der Waals surface area contributed by atoms with Gasteiger partial charge >= 0.3 is 5.97 Å². The van der Waals surface area contributed by atoms with Crippen LogP contribution in [-0.4, -0.2) is 22.3 Å². The number of aliphatic hydroxyl groups is 1. The number of fused-ring (bicyclic) bond motifs is 7. The van der Waals surface area contributed by atoms with Crippen molar-refractivity contribution in [1.82, 2.24) is 0 Å². The molecule has 5 aliphatic carbocycles. The Morgan fingerprint density at radius 3 is 2.18 bits per heavy atom. The lowest BCUT2D eigenvalue weighted by molar-refractivity contribution is -0.164. The fraction of sp³-hybridized carbons (Fsp3) is 0.833. The Bertz CT molecular complexity index is 940. The molecule has 3 heteroatoms. The Balaban J connectivity index is 1.65. The number of hydrogen-bond acceptors (Lipinski definition) is 2. The molecule has 0 aromatic carbocycles. The summed E-state index contributed by atoms with van der Waals surface area (Å²) in [4.78, 5) is 12.7. The summed E-state index contributed by atoms with van der Waals surface area (Å²) < 4.78 is 0. The zero-order valence-electron chi connectivity index (χ0n) is 22.1. The first-order valence-electron chi connectivity index (χ1n) is 13.5. The van der Waals surface area contributed by atoms with E-state index in [-0.39, 0.29) is 39.1 Å². The molecule has 184 valence electrons. The van der Waals surface area contributed by atoms with Gasteiger partial charge < -0.3 is 10.2 Å². The van der Waals surface area contributed by atoms with Gasteiger partial charge in [0.2, 0.25) is 0 Å². The molecule has 0 radical (unpaired) electrons. The third-order valence-corrected chi connectivity index (χ3v) is 12.4. The van der Waals surface area contributed by atoms with E-state index in [2.05, 4.69) is 60.6 Å². The molecule has 4 saturated carbocycles. The minimum absolute atomic E-state index is 0.0162. The van der Waals surface area contributed by atoms with Crippen molar-refractivity contribution in [3.05, 3.63) is 23.3 Å². The lowest BCUT2D eigenvalue weighted by atomic mass is 9.36. The maximum Gasteiger partial charge on any atom is 0.310 e. The van der Waals surface area contributed by atoms with E-state index in [0.29, 0.717) is 5.92 Å². The molecular weight excluding hydrogens is 408 g/mol. The van der Waals surface area contributed by atoms with Crippen LogP contribution in [0, 0.1) is 44.3 Å². The lowest BCUT2D eigenvalue weighted by Crippen LogP contribution is -2.61. The second-order valence-electron chi connectivity index (χ2n) is 14.6. The second kappa shape index (κ2) is 6.77. The molecule has 0 unspecified atom stereocenters. The number of aliphatic hydroxyl groups excluding tert-OH is 1. The summed E-state index contributed by atoms with van der Waals surface area (Å²) in [6.07, 6.45) is 13.4. The summed E-state index contributed by atoms with van der Waals surface area (Å²) in [5, 5.41) is 21.3. The van der Waals surface area contributed by atoms with Crippen molar-refractivity contribution < 1.29 is 15.0 Å². The third kappa shape index (κ3) is 2.81. The van der Waals surface area contributed by atoms with E-state index >= 15 is 0 Å². The molecule has 2 N–H and O–H groups in total. The SMILES string of the molecule is CC1(C)CC[C@]2(C(=O)O)CC[C@]3(C)C(=CC=C4[C@@]5(C)CC[C@H](O)C(C)(C)[C@@H]5CC[C@]43C)[C@H]2C1. The Hall–Kier alpha value is -1.09. The van der Waals surface area contributed by atoms with Gasteiger partial charge in [-0.05, 0) is 96.7 Å². The zero-order valence-corrected chi connectivity index (χ0v) is 22.1. The first-order chi connectivity index (χ1) is 15.1. The molecule has 0 aliphatic heterocycles. The molecule has 5 aliphatic rings. The highest BCUT2D eigenvalue weighted by Crippen LogP contribution is 2.74. The summed E-state index contributed by atoms with van der Waals surface area (Å²) in [6.45, 7) is 16.7.